The Morgan fingerprint density at radius 1 is 1.75 bits per heavy atom. The summed E-state index contributed by atoms with van der Waals surface area (Å²) in [5.74, 6) is 0. The molecule has 1 atom stereocenters. The average molecular weight is 208 g/mol. The molecule has 1 unspecified atom stereocenters. The molecule has 1 rings (SSSR count). The van der Waals surface area contributed by atoms with Crippen LogP contribution in [0.3, 0.4) is 0 Å². The number of rotatable bonds is 2. The summed E-state index contributed by atoms with van der Waals surface area (Å²) in [6.07, 6.45) is 1.14. The van der Waals surface area contributed by atoms with Crippen LogP contribution in [0, 0.1) is 0 Å². The molecule has 0 saturated carbocycles. The molecule has 1 amide bonds. The van der Waals surface area contributed by atoms with Gasteiger partial charge < -0.3 is 10.4 Å². The zero-order valence-electron chi connectivity index (χ0n) is 6.82. The van der Waals surface area contributed by atoms with Gasteiger partial charge in [-0.05, 0) is 6.26 Å². The minimum atomic E-state index is -0.817. The van der Waals surface area contributed by atoms with Gasteiger partial charge in [0.05, 0.1) is 0 Å². The Balaban J connectivity index is 2.48. The maximum atomic E-state index is 10.7. The Hall–Kier alpha value is -0.0700. The van der Waals surface area contributed by atoms with Crippen LogP contribution < -0.4 is 5.32 Å². The monoisotopic (exact) mass is 208 g/mol. The molecule has 1 fully saturated rings. The van der Waals surface area contributed by atoms with Gasteiger partial charge in [0.15, 0.2) is 0 Å². The van der Waals surface area contributed by atoms with Crippen LogP contribution in [0.4, 0.5) is 4.79 Å². The normalized spacial score (nSPS) is 24.1. The Bertz CT molecular complexity index is 166. The van der Waals surface area contributed by atoms with Crippen LogP contribution in [0.2, 0.25) is 0 Å². The highest BCUT2D eigenvalue weighted by Crippen LogP contribution is 2.27. The topological polar surface area (TPSA) is 52.6 Å². The third-order valence-electron chi connectivity index (χ3n) is 1.65. The zero-order valence-corrected chi connectivity index (χ0v) is 8.45. The van der Waals surface area contributed by atoms with Crippen molar-refractivity contribution in [2.75, 3.05) is 25.9 Å². The van der Waals surface area contributed by atoms with Gasteiger partial charge in [-0.25, -0.2) is 4.79 Å². The zero-order chi connectivity index (χ0) is 8.97. The molecule has 0 aromatic carbocycles. The first-order chi connectivity index (χ1) is 5.75. The molecule has 4 nitrogen and oxygen atoms in total. The third kappa shape index (κ3) is 2.46. The number of nitrogens with one attached hydrogen (secondary N) is 1. The van der Waals surface area contributed by atoms with E-state index in [9.17, 15) is 4.79 Å². The number of piperazine rings is 1. The first-order valence-corrected chi connectivity index (χ1v) is 6.27. The number of carboxylic acid groups (broad SMARTS) is 1. The van der Waals surface area contributed by atoms with Crippen LogP contribution in [0.5, 0.6) is 0 Å². The van der Waals surface area contributed by atoms with Crippen LogP contribution in [0.25, 0.3) is 0 Å². The minimum Gasteiger partial charge on any atom is -0.465 e. The molecular weight excluding hydrogens is 196 g/mol. The predicted molar refractivity (Wildman–Crippen MR) is 52.5 cm³/mol. The van der Waals surface area contributed by atoms with Crippen molar-refractivity contribution in [3.63, 3.8) is 0 Å². The molecule has 6 heteroatoms. The average Bonchev–Trinajstić information content (AvgIpc) is 2.05. The number of hydrogen-bond acceptors (Lipinski definition) is 4. The number of nitrogens with zero attached hydrogens (tertiary/aromatic N) is 1. The van der Waals surface area contributed by atoms with Gasteiger partial charge in [0.1, 0.15) is 5.37 Å². The van der Waals surface area contributed by atoms with E-state index < -0.39 is 6.09 Å². The van der Waals surface area contributed by atoms with E-state index in [1.165, 1.54) is 4.90 Å². The van der Waals surface area contributed by atoms with Gasteiger partial charge in [0.25, 0.3) is 0 Å². The van der Waals surface area contributed by atoms with Gasteiger partial charge in [0.2, 0.25) is 0 Å². The van der Waals surface area contributed by atoms with E-state index in [-0.39, 0.29) is 5.37 Å². The van der Waals surface area contributed by atoms with Gasteiger partial charge in [0, 0.05) is 19.6 Å². The standard InChI is InChI=1S/C6H12N2O2S2/c1-11-12-5-4-7-2-3-8(5)6(9)10/h5,7H,2-4H2,1H3,(H,9,10). The summed E-state index contributed by atoms with van der Waals surface area (Å²) < 4.78 is 0. The summed E-state index contributed by atoms with van der Waals surface area (Å²) in [7, 11) is 3.19. The molecule has 0 aromatic heterocycles. The fourth-order valence-electron chi connectivity index (χ4n) is 1.10. The van der Waals surface area contributed by atoms with E-state index >= 15 is 0 Å². The lowest BCUT2D eigenvalue weighted by atomic mass is 10.4. The second kappa shape index (κ2) is 4.84. The molecule has 1 aliphatic heterocycles. The first-order valence-electron chi connectivity index (χ1n) is 3.65. The molecular formula is C6H12N2O2S2. The fraction of sp³-hybridized carbons (Fsp3) is 0.833. The Kier molecular flexibility index (Phi) is 4.03. The number of amides is 1. The Morgan fingerprint density at radius 3 is 3.08 bits per heavy atom. The summed E-state index contributed by atoms with van der Waals surface area (Å²) in [4.78, 5) is 12.2. The van der Waals surface area contributed by atoms with Crippen molar-refractivity contribution < 1.29 is 9.90 Å². The van der Waals surface area contributed by atoms with E-state index in [4.69, 9.17) is 5.11 Å². The number of hydrogen-bond donors (Lipinski definition) is 2. The van der Waals surface area contributed by atoms with Crippen molar-refractivity contribution in [3.8, 4) is 0 Å². The van der Waals surface area contributed by atoms with Crippen LogP contribution in [-0.4, -0.2) is 47.4 Å². The van der Waals surface area contributed by atoms with E-state index in [0.29, 0.717) is 6.54 Å². The van der Waals surface area contributed by atoms with E-state index in [1.54, 1.807) is 21.6 Å². The maximum absolute atomic E-state index is 10.7. The minimum absolute atomic E-state index is 0.0613. The molecule has 12 heavy (non-hydrogen) atoms. The van der Waals surface area contributed by atoms with Crippen molar-refractivity contribution >= 4 is 27.7 Å². The van der Waals surface area contributed by atoms with E-state index in [1.807, 2.05) is 6.26 Å². The molecule has 0 spiro atoms. The van der Waals surface area contributed by atoms with Crippen LogP contribution in [0.15, 0.2) is 0 Å². The predicted octanol–water partition coefficient (Wildman–Crippen LogP) is 0.907. The van der Waals surface area contributed by atoms with Crippen LogP contribution >= 0.6 is 21.6 Å². The number of carbonyl (C=O) groups is 1. The molecule has 0 aromatic rings. The third-order valence-corrected chi connectivity index (χ3v) is 3.73. The summed E-state index contributed by atoms with van der Waals surface area (Å²) in [6, 6.07) is 0. The molecule has 0 aliphatic carbocycles. The second-order valence-corrected chi connectivity index (χ2v) is 5.04. The van der Waals surface area contributed by atoms with Crippen LogP contribution in [-0.2, 0) is 0 Å². The second-order valence-electron chi connectivity index (χ2n) is 2.40. The maximum Gasteiger partial charge on any atom is 0.408 e. The van der Waals surface area contributed by atoms with Crippen molar-refractivity contribution in [1.29, 1.82) is 0 Å². The lowest BCUT2D eigenvalue weighted by molar-refractivity contribution is 0.133. The fourth-order valence-corrected chi connectivity index (χ4v) is 2.98. The van der Waals surface area contributed by atoms with Crippen molar-refractivity contribution in [2.45, 2.75) is 5.37 Å². The smallest absolute Gasteiger partial charge is 0.408 e. The Labute approximate surface area is 79.5 Å². The van der Waals surface area contributed by atoms with Gasteiger partial charge in [-0.3, -0.25) is 4.90 Å². The highest BCUT2D eigenvalue weighted by Gasteiger charge is 2.26. The van der Waals surface area contributed by atoms with Gasteiger partial charge in [-0.1, -0.05) is 21.6 Å². The highest BCUT2D eigenvalue weighted by atomic mass is 33.1. The molecule has 0 bridgehead atoms. The van der Waals surface area contributed by atoms with Crippen molar-refractivity contribution in [1.82, 2.24) is 10.2 Å². The largest absolute Gasteiger partial charge is 0.465 e. The molecule has 1 aliphatic rings. The summed E-state index contributed by atoms with van der Waals surface area (Å²) >= 11 is 0. The first kappa shape index (κ1) is 10.0. The highest BCUT2D eigenvalue weighted by molar-refractivity contribution is 8.76. The molecule has 70 valence electrons. The van der Waals surface area contributed by atoms with Crippen molar-refractivity contribution in [2.24, 2.45) is 0 Å². The molecule has 1 heterocycles. The molecule has 1 saturated heterocycles. The SMILES string of the molecule is CSSC1CNCCN1C(=O)O. The van der Waals surface area contributed by atoms with Crippen LogP contribution in [0.1, 0.15) is 0 Å². The van der Waals surface area contributed by atoms with Crippen molar-refractivity contribution in [3.05, 3.63) is 0 Å². The summed E-state index contributed by atoms with van der Waals surface area (Å²) in [5.41, 5.74) is 0. The molecule has 0 radical (unpaired) electrons. The molecule has 2 N–H and O–H groups in total. The lowest BCUT2D eigenvalue weighted by Crippen LogP contribution is -2.51. The van der Waals surface area contributed by atoms with E-state index in [2.05, 4.69) is 5.32 Å². The summed E-state index contributed by atoms with van der Waals surface area (Å²) in [6.45, 7) is 2.10. The van der Waals surface area contributed by atoms with E-state index in [0.717, 1.165) is 13.1 Å². The van der Waals surface area contributed by atoms with Gasteiger partial charge in [-0.2, -0.15) is 0 Å². The summed E-state index contributed by atoms with van der Waals surface area (Å²) in [5, 5.41) is 12.0. The quantitative estimate of drug-likeness (QED) is 0.661. The lowest BCUT2D eigenvalue weighted by Gasteiger charge is -2.32. The Morgan fingerprint density at radius 2 is 2.50 bits per heavy atom. The van der Waals surface area contributed by atoms with Gasteiger partial charge >= 0.3 is 6.09 Å². The van der Waals surface area contributed by atoms with Gasteiger partial charge in [-0.15, -0.1) is 0 Å².